The largest absolute Gasteiger partial charge is 0.253 e. The number of hydrogen-bond acceptors (Lipinski definition) is 8. The molecule has 0 saturated heterocycles. The van der Waals surface area contributed by atoms with Crippen molar-refractivity contribution in [2.45, 2.75) is 0 Å². The zero-order valence-electron chi connectivity index (χ0n) is 21.7. The maximum atomic E-state index is 12.3. The van der Waals surface area contributed by atoms with Crippen molar-refractivity contribution in [1.29, 1.82) is 0 Å². The number of rotatable bonds is 0. The standard InChI is InChI=1S/C32H17N9O/c42-41-39-29-21-13-5-6-14-22(21)31(39)37-27-19-11-3-4-12-20(19)28(34-27)38-32-24-16-8-7-15-23(24)30(40(32)41)36-26-18-10-2-1-9-17(18)25(33-26)35-29/h1-16,42H. The molecule has 4 aliphatic rings. The number of nitrogens with zero attached hydrogens (tertiary/aromatic N) is 9. The van der Waals surface area contributed by atoms with E-state index in [0.717, 1.165) is 49.1 Å². The summed E-state index contributed by atoms with van der Waals surface area (Å²) in [4.78, 5) is 30.1. The van der Waals surface area contributed by atoms with Crippen LogP contribution in [0.3, 0.4) is 0 Å². The second-order valence-electron chi connectivity index (χ2n) is 10.3. The summed E-state index contributed by atoms with van der Waals surface area (Å²) in [7, 11) is 0. The highest BCUT2D eigenvalue weighted by atomic mass is 16.6. The smallest absolute Gasteiger partial charge is 0.168 e. The Kier molecular flexibility index (Phi) is 3.94. The van der Waals surface area contributed by atoms with Crippen molar-refractivity contribution in [2.75, 3.05) is 5.28 Å². The van der Waals surface area contributed by atoms with E-state index in [2.05, 4.69) is 0 Å². The molecule has 0 radical (unpaired) electrons. The predicted molar refractivity (Wildman–Crippen MR) is 160 cm³/mol. The minimum absolute atomic E-state index is 0.467. The van der Waals surface area contributed by atoms with Crippen LogP contribution in [0.25, 0.3) is 21.5 Å². The SMILES string of the molecule is ON1n2c3c4ccccc4c2N=C2N=C(N=c4c5ccccc5c(n41)=NC1=NC(=N3)c3ccccc31)c1ccccc12. The Morgan fingerprint density at radius 3 is 1.17 bits per heavy atom. The van der Waals surface area contributed by atoms with Crippen molar-refractivity contribution in [1.82, 2.24) is 9.35 Å². The Bertz CT molecular complexity index is 2330. The van der Waals surface area contributed by atoms with E-state index in [9.17, 15) is 5.21 Å². The monoisotopic (exact) mass is 543 g/mol. The van der Waals surface area contributed by atoms with E-state index in [1.54, 1.807) is 9.35 Å². The Labute approximate surface area is 236 Å². The highest BCUT2D eigenvalue weighted by Crippen LogP contribution is 2.40. The van der Waals surface area contributed by atoms with E-state index in [1.807, 2.05) is 97.1 Å². The second-order valence-corrected chi connectivity index (χ2v) is 10.3. The van der Waals surface area contributed by atoms with E-state index >= 15 is 0 Å². The molecular weight excluding hydrogens is 526 g/mol. The van der Waals surface area contributed by atoms with Crippen molar-refractivity contribution in [3.8, 4) is 0 Å². The molecule has 4 aromatic carbocycles. The maximum absolute atomic E-state index is 12.3. The van der Waals surface area contributed by atoms with Crippen molar-refractivity contribution >= 4 is 56.5 Å². The second kappa shape index (κ2) is 7.59. The van der Waals surface area contributed by atoms with Gasteiger partial charge in [0, 0.05) is 43.8 Å². The van der Waals surface area contributed by atoms with E-state index in [0.29, 0.717) is 46.0 Å². The summed E-state index contributed by atoms with van der Waals surface area (Å²) in [5, 5.41) is 16.5. The van der Waals surface area contributed by atoms with Gasteiger partial charge in [0.15, 0.2) is 46.0 Å². The number of aliphatic imine (C=N–C) groups is 4. The van der Waals surface area contributed by atoms with Crippen LogP contribution >= 0.6 is 0 Å². The minimum Gasteiger partial charge on any atom is -0.253 e. The van der Waals surface area contributed by atoms with Gasteiger partial charge in [-0.05, 0) is 0 Å². The molecule has 6 heterocycles. The lowest BCUT2D eigenvalue weighted by molar-refractivity contribution is 0.134. The molecule has 0 atom stereocenters. The van der Waals surface area contributed by atoms with E-state index in [1.165, 1.54) is 0 Å². The molecule has 10 heteroatoms. The molecule has 1 N–H and O–H groups in total. The van der Waals surface area contributed by atoms with Gasteiger partial charge < -0.3 is 0 Å². The predicted octanol–water partition coefficient (Wildman–Crippen LogP) is 4.33. The van der Waals surface area contributed by atoms with Gasteiger partial charge in [-0.1, -0.05) is 102 Å². The van der Waals surface area contributed by atoms with Crippen molar-refractivity contribution in [2.24, 2.45) is 30.0 Å². The average molecular weight is 544 g/mol. The van der Waals surface area contributed by atoms with Gasteiger partial charge in [-0.25, -0.2) is 30.0 Å². The third-order valence-corrected chi connectivity index (χ3v) is 8.07. The molecule has 0 amide bonds. The summed E-state index contributed by atoms with van der Waals surface area (Å²) in [6.07, 6.45) is 0. The first-order valence-electron chi connectivity index (χ1n) is 13.5. The molecule has 2 aromatic heterocycles. The van der Waals surface area contributed by atoms with Gasteiger partial charge in [0.05, 0.1) is 0 Å². The topological polar surface area (TPSA) is 107 Å². The first kappa shape index (κ1) is 21.8. The zero-order chi connectivity index (χ0) is 27.5. The molecule has 42 heavy (non-hydrogen) atoms. The summed E-state index contributed by atoms with van der Waals surface area (Å²) >= 11 is 0. The van der Waals surface area contributed by atoms with Gasteiger partial charge in [-0.3, -0.25) is 5.21 Å². The van der Waals surface area contributed by atoms with Crippen LogP contribution < -0.4 is 16.3 Å². The van der Waals surface area contributed by atoms with Crippen molar-refractivity contribution < 1.29 is 5.21 Å². The molecule has 196 valence electrons. The van der Waals surface area contributed by atoms with Gasteiger partial charge in [-0.15, -0.1) is 0 Å². The Hall–Kier alpha value is -6.00. The Morgan fingerprint density at radius 1 is 0.381 bits per heavy atom. The Morgan fingerprint density at radius 2 is 0.738 bits per heavy atom. The molecule has 10 nitrogen and oxygen atoms in total. The van der Waals surface area contributed by atoms with E-state index < -0.39 is 0 Å². The van der Waals surface area contributed by atoms with Crippen molar-refractivity contribution in [3.05, 3.63) is 130 Å². The fourth-order valence-corrected chi connectivity index (χ4v) is 6.19. The lowest BCUT2D eigenvalue weighted by Crippen LogP contribution is -2.48. The van der Waals surface area contributed by atoms with Crippen LogP contribution in [0.2, 0.25) is 0 Å². The number of fused-ring (bicyclic) bond motifs is 14. The van der Waals surface area contributed by atoms with Gasteiger partial charge in [0.2, 0.25) is 0 Å². The maximum Gasteiger partial charge on any atom is 0.168 e. The fourth-order valence-electron chi connectivity index (χ4n) is 6.19. The number of aromatic nitrogens is 2. The highest BCUT2D eigenvalue weighted by Gasteiger charge is 2.31. The molecular formula is C32H17N9O. The molecule has 0 spiro atoms. The van der Waals surface area contributed by atoms with E-state index in [4.69, 9.17) is 30.0 Å². The van der Waals surface area contributed by atoms with Gasteiger partial charge >= 0.3 is 0 Å². The van der Waals surface area contributed by atoms with E-state index in [-0.39, 0.29) is 0 Å². The van der Waals surface area contributed by atoms with Crippen LogP contribution in [0.1, 0.15) is 22.3 Å². The van der Waals surface area contributed by atoms with Crippen LogP contribution in [0.5, 0.6) is 0 Å². The van der Waals surface area contributed by atoms with Crippen molar-refractivity contribution in [3.63, 3.8) is 0 Å². The zero-order valence-corrected chi connectivity index (χ0v) is 21.7. The number of hydrogen-bond donors (Lipinski definition) is 1. The molecule has 0 saturated carbocycles. The first-order valence-corrected chi connectivity index (χ1v) is 13.5. The van der Waals surface area contributed by atoms with Gasteiger partial charge in [0.1, 0.15) is 0 Å². The molecule has 6 aromatic rings. The molecule has 0 aliphatic carbocycles. The van der Waals surface area contributed by atoms with Crippen LogP contribution in [0, 0.1) is 0 Å². The molecule has 4 aliphatic heterocycles. The summed E-state index contributed by atoms with van der Waals surface area (Å²) in [6, 6.07) is 31.5. The van der Waals surface area contributed by atoms with Crippen LogP contribution in [-0.4, -0.2) is 37.9 Å². The van der Waals surface area contributed by atoms with Gasteiger partial charge in [-0.2, -0.15) is 9.35 Å². The summed E-state index contributed by atoms with van der Waals surface area (Å²) < 4.78 is 3.18. The third-order valence-electron chi connectivity index (χ3n) is 8.07. The molecule has 0 fully saturated rings. The lowest BCUT2D eigenvalue weighted by Gasteiger charge is -2.22. The quantitative estimate of drug-likeness (QED) is 0.308. The van der Waals surface area contributed by atoms with Gasteiger partial charge in [0.25, 0.3) is 0 Å². The highest BCUT2D eigenvalue weighted by molar-refractivity contribution is 6.25. The fraction of sp³-hybridized carbons (Fsp3) is 0. The average Bonchev–Trinajstić information content (AvgIpc) is 3.74. The number of benzene rings is 4. The number of amidine groups is 4. The first-order chi connectivity index (χ1) is 20.7. The summed E-state index contributed by atoms with van der Waals surface area (Å²) in [5.41, 5.74) is 4.39. The van der Waals surface area contributed by atoms with Crippen LogP contribution in [0.15, 0.2) is 127 Å². The van der Waals surface area contributed by atoms with Crippen LogP contribution in [0.4, 0.5) is 11.6 Å². The Balaban J connectivity index is 1.50. The summed E-state index contributed by atoms with van der Waals surface area (Å²) in [5.74, 6) is 2.97. The van der Waals surface area contributed by atoms with Crippen LogP contribution in [-0.2, 0) is 0 Å². The molecule has 10 rings (SSSR count). The lowest BCUT2D eigenvalue weighted by atomic mass is 10.1. The normalized spacial score (nSPS) is 15.7. The third kappa shape index (κ3) is 2.66. The molecule has 6 bridgehead atoms. The minimum atomic E-state index is 0.467. The molecule has 0 unspecified atom stereocenters. The summed E-state index contributed by atoms with van der Waals surface area (Å²) in [6.45, 7) is 0.